The van der Waals surface area contributed by atoms with Crippen molar-refractivity contribution in [3.63, 3.8) is 0 Å². The average Bonchev–Trinajstić information content (AvgIpc) is 2.83. The molecule has 1 saturated heterocycles. The summed E-state index contributed by atoms with van der Waals surface area (Å²) < 4.78 is 17.3. The first kappa shape index (κ1) is 21.3. The maximum atomic E-state index is 14.0. The molecule has 0 N–H and O–H groups in total. The molecular weight excluding hydrogens is 436 g/mol. The van der Waals surface area contributed by atoms with Crippen LogP contribution in [0.3, 0.4) is 0 Å². The zero-order chi connectivity index (χ0) is 23.2. The second-order valence-corrected chi connectivity index (χ2v) is 8.63. The van der Waals surface area contributed by atoms with E-state index in [9.17, 15) is 4.79 Å². The van der Waals surface area contributed by atoms with Gasteiger partial charge in [0.1, 0.15) is 17.2 Å². The highest BCUT2D eigenvalue weighted by Crippen LogP contribution is 2.49. The van der Waals surface area contributed by atoms with Crippen LogP contribution in [-0.2, 0) is 0 Å². The normalized spacial score (nSPS) is 21.2. The zero-order valence-corrected chi connectivity index (χ0v) is 19.5. The molecule has 3 aromatic carbocycles. The number of amides is 1. The van der Waals surface area contributed by atoms with Gasteiger partial charge in [-0.15, -0.1) is 0 Å². The van der Waals surface area contributed by atoms with Crippen molar-refractivity contribution in [2.45, 2.75) is 25.1 Å². The molecule has 0 unspecified atom stereocenters. The smallest absolute Gasteiger partial charge is 0.260 e. The van der Waals surface area contributed by atoms with E-state index in [0.717, 1.165) is 17.0 Å². The average molecular weight is 461 g/mol. The third-order valence-corrected chi connectivity index (χ3v) is 6.57. The molecule has 5 rings (SSSR count). The number of ether oxygens (including phenoxy) is 3. The van der Waals surface area contributed by atoms with Crippen molar-refractivity contribution >= 4 is 28.9 Å². The lowest BCUT2D eigenvalue weighted by atomic mass is 9.88. The zero-order valence-electron chi connectivity index (χ0n) is 18.6. The van der Waals surface area contributed by atoms with E-state index in [4.69, 9.17) is 26.4 Å². The summed E-state index contributed by atoms with van der Waals surface area (Å²) in [6.07, 6.45) is 0.561. The highest BCUT2D eigenvalue weighted by Gasteiger charge is 2.53. The molecule has 1 amide bonds. The molecule has 3 aromatic rings. The van der Waals surface area contributed by atoms with E-state index in [1.807, 2.05) is 66.4 Å². The minimum absolute atomic E-state index is 0.220. The number of rotatable bonds is 4. The minimum atomic E-state index is -0.736. The fraction of sp³-hybridized carbons (Fsp3) is 0.231. The molecule has 0 aliphatic carbocycles. The molecule has 2 aliphatic heterocycles. The molecule has 0 saturated carbocycles. The standard InChI is InChI=1S/C26H24N2O4S/c1-26-16-22(21-11-7-8-12-23(21)32-26)27(25(33)28(26)18-9-5-4-6-10-18)24(29)17-13-19(30-2)15-20(14-17)31-3/h4-15,22H,16H2,1-3H3/t22-,26+/m1/s1. The molecule has 0 spiro atoms. The van der Waals surface area contributed by atoms with Gasteiger partial charge in [0, 0.05) is 29.3 Å². The molecular formula is C26H24N2O4S. The van der Waals surface area contributed by atoms with Crippen LogP contribution in [0, 0.1) is 0 Å². The Balaban J connectivity index is 1.66. The number of nitrogens with zero attached hydrogens (tertiary/aromatic N) is 2. The number of thiocarbonyl (C=S) groups is 1. The summed E-state index contributed by atoms with van der Waals surface area (Å²) in [7, 11) is 3.12. The first-order valence-electron chi connectivity index (χ1n) is 10.7. The Bertz CT molecular complexity index is 1210. The first-order chi connectivity index (χ1) is 15.9. The van der Waals surface area contributed by atoms with Gasteiger partial charge in [-0.3, -0.25) is 14.6 Å². The van der Waals surface area contributed by atoms with Crippen LogP contribution in [0.2, 0.25) is 0 Å². The Labute approximate surface area is 198 Å². The van der Waals surface area contributed by atoms with E-state index in [-0.39, 0.29) is 11.9 Å². The van der Waals surface area contributed by atoms with Crippen molar-refractivity contribution in [1.29, 1.82) is 0 Å². The molecule has 168 valence electrons. The second-order valence-electron chi connectivity index (χ2n) is 8.26. The van der Waals surface area contributed by atoms with E-state index < -0.39 is 5.72 Å². The van der Waals surface area contributed by atoms with E-state index >= 15 is 0 Å². The number of benzene rings is 3. The summed E-state index contributed by atoms with van der Waals surface area (Å²) in [5, 5.41) is 0.390. The van der Waals surface area contributed by atoms with Gasteiger partial charge in [0.25, 0.3) is 5.91 Å². The monoisotopic (exact) mass is 460 g/mol. The summed E-state index contributed by atoms with van der Waals surface area (Å²) in [6, 6.07) is 22.5. The Kier molecular flexibility index (Phi) is 5.21. The molecule has 0 aromatic heterocycles. The van der Waals surface area contributed by atoms with Crippen LogP contribution in [0.15, 0.2) is 72.8 Å². The molecule has 33 heavy (non-hydrogen) atoms. The molecule has 6 nitrogen and oxygen atoms in total. The third-order valence-electron chi connectivity index (χ3n) is 6.19. The first-order valence-corrected chi connectivity index (χ1v) is 11.1. The van der Waals surface area contributed by atoms with Crippen molar-refractivity contribution in [1.82, 2.24) is 4.90 Å². The molecule has 2 atom stereocenters. The van der Waals surface area contributed by atoms with Gasteiger partial charge in [-0.1, -0.05) is 36.4 Å². The van der Waals surface area contributed by atoms with Crippen molar-refractivity contribution < 1.29 is 19.0 Å². The number of carbonyl (C=O) groups excluding carboxylic acids is 1. The number of fused-ring (bicyclic) bond motifs is 4. The quantitative estimate of drug-likeness (QED) is 0.500. The summed E-state index contributed by atoms with van der Waals surface area (Å²) in [4.78, 5) is 17.6. The van der Waals surface area contributed by atoms with Gasteiger partial charge < -0.3 is 14.2 Å². The molecule has 1 fully saturated rings. The topological polar surface area (TPSA) is 51.2 Å². The van der Waals surface area contributed by atoms with E-state index in [0.29, 0.717) is 28.6 Å². The lowest BCUT2D eigenvalue weighted by Crippen LogP contribution is -2.67. The van der Waals surface area contributed by atoms with Crippen molar-refractivity contribution in [2.24, 2.45) is 0 Å². The maximum absolute atomic E-state index is 14.0. The molecule has 2 heterocycles. The van der Waals surface area contributed by atoms with Gasteiger partial charge in [0.05, 0.1) is 20.3 Å². The Morgan fingerprint density at radius 2 is 1.64 bits per heavy atom. The fourth-order valence-electron chi connectivity index (χ4n) is 4.67. The van der Waals surface area contributed by atoms with Crippen molar-refractivity contribution in [2.75, 3.05) is 19.1 Å². The number of carbonyl (C=O) groups is 1. The van der Waals surface area contributed by atoms with Crippen molar-refractivity contribution in [3.05, 3.63) is 83.9 Å². The van der Waals surface area contributed by atoms with E-state index in [1.54, 1.807) is 37.3 Å². The number of hydrogen-bond acceptors (Lipinski definition) is 5. The summed E-state index contributed by atoms with van der Waals surface area (Å²) in [5.41, 5.74) is 1.51. The second kappa shape index (κ2) is 8.08. The lowest BCUT2D eigenvalue weighted by Gasteiger charge is -2.55. The van der Waals surface area contributed by atoms with Gasteiger partial charge in [0.15, 0.2) is 10.8 Å². The van der Waals surface area contributed by atoms with Gasteiger partial charge in [-0.05, 0) is 49.5 Å². The third kappa shape index (κ3) is 3.49. The number of methoxy groups -OCH3 is 2. The number of para-hydroxylation sites is 2. The Hall–Kier alpha value is -3.58. The molecule has 2 bridgehead atoms. The van der Waals surface area contributed by atoms with Crippen LogP contribution in [0.25, 0.3) is 0 Å². The van der Waals surface area contributed by atoms with E-state index in [1.165, 1.54) is 0 Å². The highest BCUT2D eigenvalue weighted by atomic mass is 32.1. The highest BCUT2D eigenvalue weighted by molar-refractivity contribution is 7.80. The summed E-state index contributed by atoms with van der Waals surface area (Å²) in [5.74, 6) is 1.61. The van der Waals surface area contributed by atoms with E-state index in [2.05, 4.69) is 0 Å². The van der Waals surface area contributed by atoms with Crippen LogP contribution in [0.1, 0.15) is 35.3 Å². The Morgan fingerprint density at radius 3 is 2.30 bits per heavy atom. The maximum Gasteiger partial charge on any atom is 0.260 e. The van der Waals surface area contributed by atoms with Gasteiger partial charge in [-0.2, -0.15) is 0 Å². The van der Waals surface area contributed by atoms with Crippen LogP contribution >= 0.6 is 12.2 Å². The summed E-state index contributed by atoms with van der Waals surface area (Å²) in [6.45, 7) is 2.02. The number of anilines is 1. The van der Waals surface area contributed by atoms with Crippen LogP contribution < -0.4 is 19.1 Å². The largest absolute Gasteiger partial charge is 0.497 e. The molecule has 2 aliphatic rings. The fourth-order valence-corrected chi connectivity index (χ4v) is 5.17. The SMILES string of the molecule is COc1cc(OC)cc(C(=O)N2C(=S)N(c3ccccc3)[C@]3(C)C[C@@H]2c2ccccc2O3)c1. The van der Waals surface area contributed by atoms with Gasteiger partial charge in [0.2, 0.25) is 0 Å². The van der Waals surface area contributed by atoms with Gasteiger partial charge >= 0.3 is 0 Å². The Morgan fingerprint density at radius 1 is 1.00 bits per heavy atom. The predicted octanol–water partition coefficient (Wildman–Crippen LogP) is 5.19. The molecule has 7 heteroatoms. The summed E-state index contributed by atoms with van der Waals surface area (Å²) >= 11 is 5.97. The predicted molar refractivity (Wildman–Crippen MR) is 130 cm³/mol. The molecule has 0 radical (unpaired) electrons. The minimum Gasteiger partial charge on any atom is -0.497 e. The number of hydrogen-bond donors (Lipinski definition) is 0. The lowest BCUT2D eigenvalue weighted by molar-refractivity contribution is 0.0184. The van der Waals surface area contributed by atoms with Crippen molar-refractivity contribution in [3.8, 4) is 17.2 Å². The van der Waals surface area contributed by atoms with Gasteiger partial charge in [-0.25, -0.2) is 0 Å². The van der Waals surface area contributed by atoms with Crippen LogP contribution in [-0.4, -0.2) is 35.9 Å². The van der Waals surface area contributed by atoms with Crippen LogP contribution in [0.5, 0.6) is 17.2 Å². The van der Waals surface area contributed by atoms with Crippen LogP contribution in [0.4, 0.5) is 5.69 Å².